The lowest BCUT2D eigenvalue weighted by atomic mass is 10.1. The maximum absolute atomic E-state index is 11.9. The van der Waals surface area contributed by atoms with Gasteiger partial charge in [0.2, 0.25) is 0 Å². The van der Waals surface area contributed by atoms with Crippen LogP contribution in [0, 0.1) is 0 Å². The summed E-state index contributed by atoms with van der Waals surface area (Å²) < 4.78 is 10.6. The van der Waals surface area contributed by atoms with E-state index in [2.05, 4.69) is 0 Å². The average molecular weight is 505 g/mol. The number of hydrogen-bond donors (Lipinski definition) is 0. The highest BCUT2D eigenvalue weighted by Gasteiger charge is 2.27. The zero-order valence-corrected chi connectivity index (χ0v) is 21.1. The van der Waals surface area contributed by atoms with E-state index in [9.17, 15) is 28.8 Å². The summed E-state index contributed by atoms with van der Waals surface area (Å²) in [4.78, 5) is 72.1. The van der Waals surface area contributed by atoms with Crippen molar-refractivity contribution in [1.29, 1.82) is 0 Å². The van der Waals surface area contributed by atoms with E-state index in [0.29, 0.717) is 12.8 Å². The predicted octanol–water partition coefficient (Wildman–Crippen LogP) is 2.60. The van der Waals surface area contributed by atoms with Crippen LogP contribution < -0.4 is 0 Å². The molecule has 2 heterocycles. The second-order valence-electron chi connectivity index (χ2n) is 9.17. The van der Waals surface area contributed by atoms with Gasteiger partial charge in [0.05, 0.1) is 13.1 Å². The Bertz CT molecular complexity index is 786. The van der Waals surface area contributed by atoms with Gasteiger partial charge in [-0.05, 0) is 26.7 Å². The van der Waals surface area contributed by atoms with Crippen LogP contribution in [0.2, 0.25) is 0 Å². The maximum Gasteiger partial charge on any atom is 0.306 e. The van der Waals surface area contributed by atoms with E-state index in [1.807, 2.05) is 0 Å². The standard InChI is InChI=1S/C26H36N2O8/c1-19(17-27-21(29)13-14-22(27)30)35-25(33)11-9-7-5-3-4-6-8-10-12-26(34)36-20(2)18-28-23(31)15-16-24(28)32/h13-16,19-20H,3-12,17-18H2,1-2H3. The van der Waals surface area contributed by atoms with Gasteiger partial charge in [0.15, 0.2) is 0 Å². The summed E-state index contributed by atoms with van der Waals surface area (Å²) in [6, 6.07) is 0. The molecule has 0 bridgehead atoms. The number of esters is 2. The van der Waals surface area contributed by atoms with Crippen molar-refractivity contribution in [2.75, 3.05) is 13.1 Å². The zero-order valence-electron chi connectivity index (χ0n) is 21.1. The van der Waals surface area contributed by atoms with E-state index < -0.39 is 12.2 Å². The van der Waals surface area contributed by atoms with Gasteiger partial charge >= 0.3 is 11.9 Å². The number of imide groups is 2. The SMILES string of the molecule is CC(CN1C(=O)C=CC1=O)OC(=O)CCCCCCCCCCC(=O)OC(C)CN1C(=O)C=CC1=O. The van der Waals surface area contributed by atoms with Gasteiger partial charge in [-0.15, -0.1) is 0 Å². The molecule has 2 unspecified atom stereocenters. The Labute approximate surface area is 211 Å². The topological polar surface area (TPSA) is 127 Å². The molecule has 4 amide bonds. The van der Waals surface area contributed by atoms with Crippen molar-refractivity contribution < 1.29 is 38.2 Å². The number of amides is 4. The molecule has 10 heteroatoms. The Kier molecular flexibility index (Phi) is 12.0. The van der Waals surface area contributed by atoms with Crippen molar-refractivity contribution >= 4 is 35.6 Å². The summed E-state index contributed by atoms with van der Waals surface area (Å²) in [5.74, 6) is -2.21. The van der Waals surface area contributed by atoms with Crippen molar-refractivity contribution in [3.05, 3.63) is 24.3 Å². The van der Waals surface area contributed by atoms with Crippen LogP contribution in [0.1, 0.15) is 78.1 Å². The molecule has 10 nitrogen and oxygen atoms in total. The first kappa shape index (κ1) is 28.9. The third-order valence-electron chi connectivity index (χ3n) is 5.86. The van der Waals surface area contributed by atoms with Crippen molar-refractivity contribution in [3.63, 3.8) is 0 Å². The van der Waals surface area contributed by atoms with Crippen LogP contribution >= 0.6 is 0 Å². The van der Waals surface area contributed by atoms with E-state index in [4.69, 9.17) is 9.47 Å². The molecule has 0 N–H and O–H groups in total. The van der Waals surface area contributed by atoms with Gasteiger partial charge in [-0.2, -0.15) is 0 Å². The molecule has 0 radical (unpaired) electrons. The quantitative estimate of drug-likeness (QED) is 0.168. The van der Waals surface area contributed by atoms with E-state index in [0.717, 1.165) is 61.2 Å². The van der Waals surface area contributed by atoms with Gasteiger partial charge in [-0.25, -0.2) is 0 Å². The molecule has 0 aromatic carbocycles. The summed E-state index contributed by atoms with van der Waals surface area (Å²) in [7, 11) is 0. The molecule has 0 aliphatic carbocycles. The highest BCUT2D eigenvalue weighted by atomic mass is 16.5. The smallest absolute Gasteiger partial charge is 0.306 e. The summed E-state index contributed by atoms with van der Waals surface area (Å²) in [6.45, 7) is 3.44. The number of unbranched alkanes of at least 4 members (excludes halogenated alkanes) is 7. The van der Waals surface area contributed by atoms with Gasteiger partial charge in [0.1, 0.15) is 12.2 Å². The van der Waals surface area contributed by atoms with Crippen molar-refractivity contribution in [3.8, 4) is 0 Å². The van der Waals surface area contributed by atoms with Crippen LogP contribution in [0.5, 0.6) is 0 Å². The van der Waals surface area contributed by atoms with Crippen LogP contribution in [0.15, 0.2) is 24.3 Å². The lowest BCUT2D eigenvalue weighted by molar-refractivity contribution is -0.152. The molecule has 0 aromatic heterocycles. The molecule has 2 aliphatic heterocycles. The molecule has 0 spiro atoms. The maximum atomic E-state index is 11.9. The predicted molar refractivity (Wildman–Crippen MR) is 129 cm³/mol. The second-order valence-corrected chi connectivity index (χ2v) is 9.17. The van der Waals surface area contributed by atoms with Crippen LogP contribution in [-0.4, -0.2) is 70.7 Å². The molecule has 0 saturated carbocycles. The Balaban J connectivity index is 1.40. The first-order chi connectivity index (χ1) is 17.2. The number of rotatable bonds is 17. The molecular weight excluding hydrogens is 468 g/mol. The monoisotopic (exact) mass is 504 g/mol. The number of carbonyl (C=O) groups is 6. The normalized spacial score (nSPS) is 16.7. The Hall–Kier alpha value is -3.30. The molecule has 0 saturated heterocycles. The number of nitrogens with zero attached hydrogens (tertiary/aromatic N) is 2. The Morgan fingerprint density at radius 3 is 1.17 bits per heavy atom. The average Bonchev–Trinajstić information content (AvgIpc) is 3.30. The highest BCUT2D eigenvalue weighted by molar-refractivity contribution is 6.13. The fourth-order valence-electron chi connectivity index (χ4n) is 3.98. The largest absolute Gasteiger partial charge is 0.461 e. The molecule has 36 heavy (non-hydrogen) atoms. The number of hydrogen-bond acceptors (Lipinski definition) is 8. The molecule has 2 aliphatic rings. The van der Waals surface area contributed by atoms with E-state index in [1.54, 1.807) is 13.8 Å². The minimum atomic E-state index is -0.540. The van der Waals surface area contributed by atoms with Gasteiger partial charge in [-0.3, -0.25) is 38.6 Å². The van der Waals surface area contributed by atoms with Gasteiger partial charge < -0.3 is 9.47 Å². The zero-order chi connectivity index (χ0) is 26.5. The lowest BCUT2D eigenvalue weighted by Gasteiger charge is -2.19. The summed E-state index contributed by atoms with van der Waals surface area (Å²) in [6.07, 6.45) is 11.7. The fraction of sp³-hybridized carbons (Fsp3) is 0.615. The summed E-state index contributed by atoms with van der Waals surface area (Å²) in [5, 5.41) is 0. The molecule has 0 fully saturated rings. The van der Waals surface area contributed by atoms with Crippen LogP contribution in [-0.2, 0) is 38.2 Å². The minimum absolute atomic E-state index is 0.0610. The van der Waals surface area contributed by atoms with Gasteiger partial charge in [-0.1, -0.05) is 38.5 Å². The fourth-order valence-corrected chi connectivity index (χ4v) is 3.98. The van der Waals surface area contributed by atoms with E-state index >= 15 is 0 Å². The van der Waals surface area contributed by atoms with Gasteiger partial charge in [0.25, 0.3) is 23.6 Å². The second kappa shape index (κ2) is 15.0. The van der Waals surface area contributed by atoms with Crippen LogP contribution in [0.3, 0.4) is 0 Å². The Morgan fingerprint density at radius 2 is 0.861 bits per heavy atom. The van der Waals surface area contributed by atoms with E-state index in [1.165, 1.54) is 24.3 Å². The summed E-state index contributed by atoms with van der Waals surface area (Å²) >= 11 is 0. The first-order valence-electron chi connectivity index (χ1n) is 12.6. The minimum Gasteiger partial charge on any atom is -0.461 e. The van der Waals surface area contributed by atoms with Crippen molar-refractivity contribution in [1.82, 2.24) is 9.80 Å². The molecule has 2 rings (SSSR count). The highest BCUT2D eigenvalue weighted by Crippen LogP contribution is 2.13. The molecule has 0 aromatic rings. The first-order valence-corrected chi connectivity index (χ1v) is 12.6. The lowest BCUT2D eigenvalue weighted by Crippen LogP contribution is -2.37. The number of carbonyl (C=O) groups excluding carboxylic acids is 6. The third kappa shape index (κ3) is 10.1. The van der Waals surface area contributed by atoms with Crippen LogP contribution in [0.4, 0.5) is 0 Å². The Morgan fingerprint density at radius 1 is 0.583 bits per heavy atom. The van der Waals surface area contributed by atoms with E-state index in [-0.39, 0.29) is 48.7 Å². The third-order valence-corrected chi connectivity index (χ3v) is 5.86. The van der Waals surface area contributed by atoms with Gasteiger partial charge in [0, 0.05) is 37.1 Å². The molecule has 2 atom stereocenters. The number of ether oxygens (including phenoxy) is 2. The van der Waals surface area contributed by atoms with Crippen molar-refractivity contribution in [2.24, 2.45) is 0 Å². The van der Waals surface area contributed by atoms with Crippen molar-refractivity contribution in [2.45, 2.75) is 90.3 Å². The summed E-state index contributed by atoms with van der Waals surface area (Å²) in [5.41, 5.74) is 0. The molecule has 198 valence electrons. The molecular formula is C26H36N2O8. The van der Waals surface area contributed by atoms with Crippen LogP contribution in [0.25, 0.3) is 0 Å².